The molecule has 2 aliphatic rings. The molecule has 1 aromatic carbocycles. The van der Waals surface area contributed by atoms with Gasteiger partial charge in [0.1, 0.15) is 11.6 Å². The predicted octanol–water partition coefficient (Wildman–Crippen LogP) is 2.05. The number of hydrogen-bond donors (Lipinski definition) is 0. The number of anilines is 1. The molecule has 0 radical (unpaired) electrons. The topological polar surface area (TPSA) is 60.2 Å². The van der Waals surface area contributed by atoms with Gasteiger partial charge in [-0.2, -0.15) is 0 Å². The van der Waals surface area contributed by atoms with Gasteiger partial charge in [-0.3, -0.25) is 14.5 Å². The SMILES string of the molecule is CC(=O)N1CCN(C(=O)c2ccc(CN3CCN(c4ccccc4F)CC3)o2)CC1. The van der Waals surface area contributed by atoms with E-state index in [-0.39, 0.29) is 17.6 Å². The molecule has 0 atom stereocenters. The third-order valence-corrected chi connectivity index (χ3v) is 5.83. The van der Waals surface area contributed by atoms with Crippen molar-refractivity contribution in [1.82, 2.24) is 14.7 Å². The standard InChI is InChI=1S/C22H27FN4O3/c1-17(28)25-12-14-27(15-13-25)22(29)21-7-6-18(30-21)16-24-8-10-26(11-9-24)20-5-3-2-4-19(20)23/h2-7H,8-16H2,1H3. The number of furan rings is 1. The highest BCUT2D eigenvalue weighted by atomic mass is 19.1. The Labute approximate surface area is 175 Å². The summed E-state index contributed by atoms with van der Waals surface area (Å²) in [6.45, 7) is 7.40. The lowest BCUT2D eigenvalue weighted by Gasteiger charge is -2.35. The Bertz CT molecular complexity index is 899. The van der Waals surface area contributed by atoms with E-state index in [9.17, 15) is 14.0 Å². The van der Waals surface area contributed by atoms with Gasteiger partial charge in [0.25, 0.3) is 5.91 Å². The zero-order chi connectivity index (χ0) is 21.1. The number of hydrogen-bond acceptors (Lipinski definition) is 5. The number of para-hydroxylation sites is 1. The normalized spacial score (nSPS) is 18.0. The lowest BCUT2D eigenvalue weighted by atomic mass is 10.2. The molecule has 2 aromatic rings. The van der Waals surface area contributed by atoms with Gasteiger partial charge in [0.2, 0.25) is 5.91 Å². The van der Waals surface area contributed by atoms with E-state index < -0.39 is 0 Å². The van der Waals surface area contributed by atoms with Crippen LogP contribution in [0.25, 0.3) is 0 Å². The lowest BCUT2D eigenvalue weighted by Crippen LogP contribution is -2.50. The molecule has 0 saturated carbocycles. The number of nitrogens with zero attached hydrogens (tertiary/aromatic N) is 4. The molecule has 0 N–H and O–H groups in total. The molecule has 2 amide bonds. The van der Waals surface area contributed by atoms with Crippen LogP contribution in [0.15, 0.2) is 40.8 Å². The minimum Gasteiger partial charge on any atom is -0.455 e. The molecule has 1 aromatic heterocycles. The third-order valence-electron chi connectivity index (χ3n) is 5.83. The molecule has 2 saturated heterocycles. The molecule has 8 heteroatoms. The molecule has 0 aliphatic carbocycles. The number of rotatable bonds is 4. The van der Waals surface area contributed by atoms with Gasteiger partial charge in [0.05, 0.1) is 12.2 Å². The highest BCUT2D eigenvalue weighted by Gasteiger charge is 2.26. The van der Waals surface area contributed by atoms with E-state index in [1.807, 2.05) is 18.2 Å². The molecule has 160 valence electrons. The molecule has 0 bridgehead atoms. The fourth-order valence-electron chi connectivity index (χ4n) is 4.03. The maximum Gasteiger partial charge on any atom is 0.289 e. The first-order chi connectivity index (χ1) is 14.5. The molecule has 4 rings (SSSR count). The van der Waals surface area contributed by atoms with E-state index in [4.69, 9.17) is 4.42 Å². The quantitative estimate of drug-likeness (QED) is 0.766. The van der Waals surface area contributed by atoms with Crippen molar-refractivity contribution in [2.24, 2.45) is 0 Å². The summed E-state index contributed by atoms with van der Waals surface area (Å²) in [5, 5.41) is 0. The smallest absolute Gasteiger partial charge is 0.289 e. The second-order valence-electron chi connectivity index (χ2n) is 7.78. The first kappa shape index (κ1) is 20.4. The lowest BCUT2D eigenvalue weighted by molar-refractivity contribution is -0.130. The number of carbonyl (C=O) groups is 2. The Morgan fingerprint density at radius 3 is 2.23 bits per heavy atom. The first-order valence-electron chi connectivity index (χ1n) is 10.4. The fourth-order valence-corrected chi connectivity index (χ4v) is 4.03. The molecule has 0 unspecified atom stereocenters. The number of piperazine rings is 2. The van der Waals surface area contributed by atoms with Gasteiger partial charge in [-0.05, 0) is 24.3 Å². The second kappa shape index (κ2) is 8.87. The van der Waals surface area contributed by atoms with Crippen LogP contribution < -0.4 is 4.90 Å². The van der Waals surface area contributed by atoms with E-state index >= 15 is 0 Å². The van der Waals surface area contributed by atoms with Crippen LogP contribution in [0.3, 0.4) is 0 Å². The average molecular weight is 414 g/mol. The summed E-state index contributed by atoms with van der Waals surface area (Å²) < 4.78 is 19.8. The average Bonchev–Trinajstić information content (AvgIpc) is 3.23. The molecular formula is C22H27FN4O3. The summed E-state index contributed by atoms with van der Waals surface area (Å²) in [6, 6.07) is 10.4. The Morgan fingerprint density at radius 1 is 0.900 bits per heavy atom. The van der Waals surface area contributed by atoms with Crippen LogP contribution in [0, 0.1) is 5.82 Å². The van der Waals surface area contributed by atoms with Gasteiger partial charge in [-0.15, -0.1) is 0 Å². The summed E-state index contributed by atoms with van der Waals surface area (Å²) in [6.07, 6.45) is 0. The monoisotopic (exact) mass is 414 g/mol. The second-order valence-corrected chi connectivity index (χ2v) is 7.78. The van der Waals surface area contributed by atoms with E-state index in [1.165, 1.54) is 6.07 Å². The molecule has 2 aliphatic heterocycles. The van der Waals surface area contributed by atoms with Gasteiger partial charge < -0.3 is 19.1 Å². The van der Waals surface area contributed by atoms with Crippen molar-refractivity contribution in [3.8, 4) is 0 Å². The highest BCUT2D eigenvalue weighted by Crippen LogP contribution is 2.21. The Balaban J connectivity index is 1.29. The minimum absolute atomic E-state index is 0.0393. The van der Waals surface area contributed by atoms with Crippen molar-refractivity contribution in [3.63, 3.8) is 0 Å². The molecule has 7 nitrogen and oxygen atoms in total. The predicted molar refractivity (Wildman–Crippen MR) is 111 cm³/mol. The molecule has 3 heterocycles. The van der Waals surface area contributed by atoms with E-state index in [1.54, 1.807) is 28.9 Å². The zero-order valence-electron chi connectivity index (χ0n) is 17.2. The zero-order valence-corrected chi connectivity index (χ0v) is 17.2. The largest absolute Gasteiger partial charge is 0.455 e. The van der Waals surface area contributed by atoms with Crippen molar-refractivity contribution in [2.45, 2.75) is 13.5 Å². The molecule has 2 fully saturated rings. The van der Waals surface area contributed by atoms with E-state index in [0.717, 1.165) is 31.9 Å². The summed E-state index contributed by atoms with van der Waals surface area (Å²) in [5.74, 6) is 0.807. The number of carbonyl (C=O) groups excluding carboxylic acids is 2. The number of amides is 2. The van der Waals surface area contributed by atoms with Crippen molar-refractivity contribution >= 4 is 17.5 Å². The van der Waals surface area contributed by atoms with E-state index in [0.29, 0.717) is 44.2 Å². The van der Waals surface area contributed by atoms with E-state index in [2.05, 4.69) is 9.80 Å². The minimum atomic E-state index is -0.190. The number of halogens is 1. The van der Waals surface area contributed by atoms with Gasteiger partial charge in [0, 0.05) is 59.3 Å². The third kappa shape index (κ3) is 4.48. The van der Waals surface area contributed by atoms with Crippen molar-refractivity contribution in [1.29, 1.82) is 0 Å². The first-order valence-corrected chi connectivity index (χ1v) is 10.4. The van der Waals surface area contributed by atoms with Crippen LogP contribution in [0.2, 0.25) is 0 Å². The Kier molecular flexibility index (Phi) is 6.03. The van der Waals surface area contributed by atoms with Crippen LogP contribution in [-0.2, 0) is 11.3 Å². The van der Waals surface area contributed by atoms with Crippen molar-refractivity contribution in [2.75, 3.05) is 57.3 Å². The van der Waals surface area contributed by atoms with Crippen molar-refractivity contribution in [3.05, 3.63) is 53.7 Å². The maximum absolute atomic E-state index is 14.0. The molecular weight excluding hydrogens is 387 g/mol. The summed E-state index contributed by atoms with van der Waals surface area (Å²) in [5.41, 5.74) is 0.646. The molecule has 30 heavy (non-hydrogen) atoms. The van der Waals surface area contributed by atoms with Gasteiger partial charge >= 0.3 is 0 Å². The van der Waals surface area contributed by atoms with Crippen LogP contribution >= 0.6 is 0 Å². The Morgan fingerprint density at radius 2 is 1.57 bits per heavy atom. The van der Waals surface area contributed by atoms with Crippen LogP contribution in [-0.4, -0.2) is 78.9 Å². The van der Waals surface area contributed by atoms with Crippen LogP contribution in [0.4, 0.5) is 10.1 Å². The summed E-state index contributed by atoms with van der Waals surface area (Å²) >= 11 is 0. The highest BCUT2D eigenvalue weighted by molar-refractivity contribution is 5.91. The maximum atomic E-state index is 14.0. The number of benzene rings is 1. The van der Waals surface area contributed by atoms with Gasteiger partial charge in [-0.25, -0.2) is 4.39 Å². The fraction of sp³-hybridized carbons (Fsp3) is 0.455. The van der Waals surface area contributed by atoms with Gasteiger partial charge in [0.15, 0.2) is 5.76 Å². The Hall–Kier alpha value is -2.87. The summed E-state index contributed by atoms with van der Waals surface area (Å²) in [7, 11) is 0. The van der Waals surface area contributed by atoms with Gasteiger partial charge in [-0.1, -0.05) is 12.1 Å². The molecule has 0 spiro atoms. The van der Waals surface area contributed by atoms with Crippen molar-refractivity contribution < 1.29 is 18.4 Å². The van der Waals surface area contributed by atoms with Crippen LogP contribution in [0.1, 0.15) is 23.2 Å². The summed E-state index contributed by atoms with van der Waals surface area (Å²) in [4.78, 5) is 31.9. The van der Waals surface area contributed by atoms with Crippen LogP contribution in [0.5, 0.6) is 0 Å².